The number of nitrogens with two attached hydrogens (primary N) is 1. The van der Waals surface area contributed by atoms with E-state index in [9.17, 15) is 13.2 Å². The maximum atomic E-state index is 12.2. The molecule has 0 radical (unpaired) electrons. The number of hydrogen-bond donors (Lipinski definition) is 2. The first-order valence-electron chi connectivity index (χ1n) is 5.29. The van der Waals surface area contributed by atoms with Crippen molar-refractivity contribution in [1.82, 2.24) is 10.3 Å². The molecule has 1 atom stereocenters. The van der Waals surface area contributed by atoms with E-state index < -0.39 is 18.6 Å². The molecule has 17 heavy (non-hydrogen) atoms. The van der Waals surface area contributed by atoms with Crippen molar-refractivity contribution in [2.45, 2.75) is 32.0 Å². The van der Waals surface area contributed by atoms with Crippen LogP contribution in [0.4, 0.5) is 19.0 Å². The predicted molar refractivity (Wildman–Crippen MR) is 60.5 cm³/mol. The van der Waals surface area contributed by atoms with Gasteiger partial charge in [0.1, 0.15) is 5.82 Å². The summed E-state index contributed by atoms with van der Waals surface area (Å²) in [4.78, 5) is 3.95. The highest BCUT2D eigenvalue weighted by Gasteiger charge is 2.28. The van der Waals surface area contributed by atoms with Crippen LogP contribution in [0.5, 0.6) is 0 Å². The predicted octanol–water partition coefficient (Wildman–Crippen LogP) is 2.58. The van der Waals surface area contributed by atoms with E-state index in [-0.39, 0.29) is 12.2 Å². The van der Waals surface area contributed by atoms with Gasteiger partial charge in [-0.3, -0.25) is 0 Å². The number of rotatable bonds is 4. The molecule has 0 aromatic carbocycles. The highest BCUT2D eigenvalue weighted by molar-refractivity contribution is 5.42. The van der Waals surface area contributed by atoms with Crippen LogP contribution in [0.1, 0.15) is 30.0 Å². The van der Waals surface area contributed by atoms with E-state index in [1.54, 1.807) is 19.3 Å². The summed E-state index contributed by atoms with van der Waals surface area (Å²) >= 11 is 0. The second kappa shape index (κ2) is 5.35. The SMILES string of the molecule is CNC(CCC(F)(F)F)c1cc(C)cnc1N. The molecule has 0 amide bonds. The first-order valence-corrected chi connectivity index (χ1v) is 5.29. The summed E-state index contributed by atoms with van der Waals surface area (Å²) in [6.07, 6.45) is -3.45. The summed E-state index contributed by atoms with van der Waals surface area (Å²) in [5.74, 6) is 0.275. The lowest BCUT2D eigenvalue weighted by molar-refractivity contribution is -0.136. The summed E-state index contributed by atoms with van der Waals surface area (Å²) in [6.45, 7) is 1.83. The fraction of sp³-hybridized carbons (Fsp3) is 0.545. The van der Waals surface area contributed by atoms with Crippen LogP contribution in [-0.4, -0.2) is 18.2 Å². The van der Waals surface area contributed by atoms with Gasteiger partial charge >= 0.3 is 6.18 Å². The highest BCUT2D eigenvalue weighted by Crippen LogP contribution is 2.29. The lowest BCUT2D eigenvalue weighted by atomic mass is 10.0. The van der Waals surface area contributed by atoms with Crippen molar-refractivity contribution >= 4 is 5.82 Å². The summed E-state index contributed by atoms with van der Waals surface area (Å²) in [5, 5.41) is 2.84. The Morgan fingerprint density at radius 3 is 2.65 bits per heavy atom. The Morgan fingerprint density at radius 2 is 2.12 bits per heavy atom. The largest absolute Gasteiger partial charge is 0.389 e. The van der Waals surface area contributed by atoms with Gasteiger partial charge in [-0.15, -0.1) is 0 Å². The Bertz CT molecular complexity index is 377. The molecule has 6 heteroatoms. The van der Waals surface area contributed by atoms with Crippen molar-refractivity contribution in [3.05, 3.63) is 23.4 Å². The molecule has 1 rings (SSSR count). The van der Waals surface area contributed by atoms with Gasteiger partial charge < -0.3 is 11.1 Å². The topological polar surface area (TPSA) is 50.9 Å². The number of pyridine rings is 1. The zero-order chi connectivity index (χ0) is 13.1. The highest BCUT2D eigenvalue weighted by atomic mass is 19.4. The molecule has 0 aliphatic carbocycles. The molecule has 0 saturated carbocycles. The average molecular weight is 247 g/mol. The first kappa shape index (κ1) is 13.8. The van der Waals surface area contributed by atoms with Gasteiger partial charge in [0, 0.05) is 24.2 Å². The van der Waals surface area contributed by atoms with Crippen LogP contribution in [-0.2, 0) is 0 Å². The summed E-state index contributed by atoms with van der Waals surface area (Å²) in [6, 6.07) is 1.34. The molecule has 96 valence electrons. The Labute approximate surface area is 98.2 Å². The maximum absolute atomic E-state index is 12.2. The number of nitrogens with zero attached hydrogens (tertiary/aromatic N) is 1. The van der Waals surface area contributed by atoms with E-state index in [2.05, 4.69) is 10.3 Å². The van der Waals surface area contributed by atoms with E-state index in [0.717, 1.165) is 5.56 Å². The van der Waals surface area contributed by atoms with E-state index in [1.165, 1.54) is 0 Å². The van der Waals surface area contributed by atoms with Gasteiger partial charge in [0.15, 0.2) is 0 Å². The molecule has 0 aliphatic rings. The summed E-state index contributed by atoms with van der Waals surface area (Å²) in [5.41, 5.74) is 7.17. The van der Waals surface area contributed by atoms with Gasteiger partial charge in [0.2, 0.25) is 0 Å². The standard InChI is InChI=1S/C11H16F3N3/c1-7-5-8(10(15)17-6-7)9(16-2)3-4-11(12,13)14/h5-6,9,16H,3-4H2,1-2H3,(H2,15,17). The van der Waals surface area contributed by atoms with E-state index in [4.69, 9.17) is 5.73 Å². The quantitative estimate of drug-likeness (QED) is 0.859. The Balaban J connectivity index is 2.82. The fourth-order valence-corrected chi connectivity index (χ4v) is 1.64. The number of halogens is 3. The molecule has 1 heterocycles. The number of alkyl halides is 3. The number of anilines is 1. The van der Waals surface area contributed by atoms with Crippen LogP contribution in [0.2, 0.25) is 0 Å². The van der Waals surface area contributed by atoms with Gasteiger partial charge in [-0.25, -0.2) is 4.98 Å². The van der Waals surface area contributed by atoms with Gasteiger partial charge in [-0.1, -0.05) is 0 Å². The van der Waals surface area contributed by atoms with Crippen molar-refractivity contribution in [3.8, 4) is 0 Å². The zero-order valence-electron chi connectivity index (χ0n) is 9.80. The Kier molecular flexibility index (Phi) is 4.34. The molecule has 0 bridgehead atoms. The second-order valence-corrected chi connectivity index (χ2v) is 3.98. The third kappa shape index (κ3) is 4.22. The lowest BCUT2D eigenvalue weighted by Gasteiger charge is -2.19. The van der Waals surface area contributed by atoms with E-state index >= 15 is 0 Å². The molecule has 1 unspecified atom stereocenters. The molecule has 1 aromatic heterocycles. The van der Waals surface area contributed by atoms with Crippen LogP contribution >= 0.6 is 0 Å². The minimum atomic E-state index is -4.15. The Hall–Kier alpha value is -1.30. The minimum Gasteiger partial charge on any atom is -0.383 e. The van der Waals surface area contributed by atoms with Crippen LogP contribution in [0.3, 0.4) is 0 Å². The van der Waals surface area contributed by atoms with Crippen molar-refractivity contribution in [2.75, 3.05) is 12.8 Å². The number of aryl methyl sites for hydroxylation is 1. The maximum Gasteiger partial charge on any atom is 0.389 e. The van der Waals surface area contributed by atoms with Crippen molar-refractivity contribution < 1.29 is 13.2 Å². The van der Waals surface area contributed by atoms with E-state index in [0.29, 0.717) is 5.56 Å². The minimum absolute atomic E-state index is 0.0463. The molecule has 1 aromatic rings. The number of nitrogen functional groups attached to an aromatic ring is 1. The van der Waals surface area contributed by atoms with Crippen molar-refractivity contribution in [3.63, 3.8) is 0 Å². The van der Waals surface area contributed by atoms with Crippen LogP contribution in [0, 0.1) is 6.92 Å². The van der Waals surface area contributed by atoms with Gasteiger partial charge in [0.05, 0.1) is 0 Å². The molecular formula is C11H16F3N3. The summed E-state index contributed by atoms with van der Waals surface area (Å²) in [7, 11) is 1.61. The van der Waals surface area contributed by atoms with Crippen molar-refractivity contribution in [2.24, 2.45) is 0 Å². The van der Waals surface area contributed by atoms with Crippen LogP contribution in [0.15, 0.2) is 12.3 Å². The third-order valence-electron chi connectivity index (χ3n) is 2.53. The second-order valence-electron chi connectivity index (χ2n) is 3.98. The number of nitrogens with one attached hydrogen (secondary N) is 1. The zero-order valence-corrected chi connectivity index (χ0v) is 9.80. The van der Waals surface area contributed by atoms with Gasteiger partial charge in [0.25, 0.3) is 0 Å². The molecule has 0 aliphatic heterocycles. The average Bonchev–Trinajstić information content (AvgIpc) is 2.22. The van der Waals surface area contributed by atoms with Gasteiger partial charge in [-0.2, -0.15) is 13.2 Å². The van der Waals surface area contributed by atoms with Crippen LogP contribution < -0.4 is 11.1 Å². The van der Waals surface area contributed by atoms with Crippen molar-refractivity contribution in [1.29, 1.82) is 0 Å². The van der Waals surface area contributed by atoms with Crippen LogP contribution in [0.25, 0.3) is 0 Å². The molecule has 0 fully saturated rings. The number of hydrogen-bond acceptors (Lipinski definition) is 3. The lowest BCUT2D eigenvalue weighted by Crippen LogP contribution is -2.21. The molecule has 3 N–H and O–H groups in total. The summed E-state index contributed by atoms with van der Waals surface area (Å²) < 4.78 is 36.5. The van der Waals surface area contributed by atoms with Gasteiger partial charge in [-0.05, 0) is 32.0 Å². The third-order valence-corrected chi connectivity index (χ3v) is 2.53. The Morgan fingerprint density at radius 1 is 1.47 bits per heavy atom. The molecular weight excluding hydrogens is 231 g/mol. The normalized spacial score (nSPS) is 13.7. The number of aromatic nitrogens is 1. The molecule has 0 spiro atoms. The monoisotopic (exact) mass is 247 g/mol. The molecule has 0 saturated heterocycles. The van der Waals surface area contributed by atoms with E-state index in [1.807, 2.05) is 6.92 Å². The smallest absolute Gasteiger partial charge is 0.383 e. The molecule has 3 nitrogen and oxygen atoms in total. The fourth-order valence-electron chi connectivity index (χ4n) is 1.64. The first-order chi connectivity index (χ1) is 7.83.